The molecule has 2 aliphatic carbocycles. The Morgan fingerprint density at radius 2 is 2.00 bits per heavy atom. The van der Waals surface area contributed by atoms with Crippen molar-refractivity contribution in [1.29, 1.82) is 0 Å². The predicted molar refractivity (Wildman–Crippen MR) is 93.7 cm³/mol. The van der Waals surface area contributed by atoms with Gasteiger partial charge in [-0.3, -0.25) is 4.79 Å². The molecule has 0 aromatic heterocycles. The topological polar surface area (TPSA) is 26.3 Å². The molecule has 0 aliphatic heterocycles. The summed E-state index contributed by atoms with van der Waals surface area (Å²) in [5, 5.41) is 0. The van der Waals surface area contributed by atoms with Crippen LogP contribution in [0.4, 0.5) is 0 Å². The average molecular weight is 314 g/mol. The molecule has 3 atom stereocenters. The summed E-state index contributed by atoms with van der Waals surface area (Å²) in [6.07, 6.45) is 5.42. The van der Waals surface area contributed by atoms with Gasteiger partial charge in [0.1, 0.15) is 0 Å². The van der Waals surface area contributed by atoms with E-state index in [4.69, 9.17) is 4.74 Å². The summed E-state index contributed by atoms with van der Waals surface area (Å²) in [6, 6.07) is 7.05. The molecule has 1 saturated carbocycles. The van der Waals surface area contributed by atoms with E-state index in [-0.39, 0.29) is 16.8 Å². The molecule has 0 bridgehead atoms. The second kappa shape index (κ2) is 5.65. The van der Waals surface area contributed by atoms with Crippen molar-refractivity contribution in [3.63, 3.8) is 0 Å². The van der Waals surface area contributed by atoms with Crippen molar-refractivity contribution in [3.05, 3.63) is 34.9 Å². The lowest BCUT2D eigenvalue weighted by Gasteiger charge is -2.54. The second-order valence-electron chi connectivity index (χ2n) is 8.34. The van der Waals surface area contributed by atoms with Gasteiger partial charge in [0.05, 0.1) is 12.5 Å². The number of ether oxygens (including phenoxy) is 1. The van der Waals surface area contributed by atoms with Crippen LogP contribution in [-0.2, 0) is 21.4 Å². The Kier molecular flexibility index (Phi) is 4.06. The highest BCUT2D eigenvalue weighted by Gasteiger charge is 2.55. The first kappa shape index (κ1) is 16.5. The largest absolute Gasteiger partial charge is 0.469 e. The molecule has 0 radical (unpaired) electrons. The smallest absolute Gasteiger partial charge is 0.311 e. The van der Waals surface area contributed by atoms with Crippen LogP contribution in [0.1, 0.15) is 76.0 Å². The van der Waals surface area contributed by atoms with Crippen molar-refractivity contribution >= 4 is 5.97 Å². The van der Waals surface area contributed by atoms with Crippen LogP contribution in [-0.4, -0.2) is 13.1 Å². The van der Waals surface area contributed by atoms with E-state index >= 15 is 0 Å². The molecule has 0 unspecified atom stereocenters. The molecule has 0 spiro atoms. The van der Waals surface area contributed by atoms with E-state index in [0.29, 0.717) is 11.8 Å². The monoisotopic (exact) mass is 314 g/mol. The van der Waals surface area contributed by atoms with Crippen molar-refractivity contribution in [3.8, 4) is 0 Å². The number of benzene rings is 1. The van der Waals surface area contributed by atoms with E-state index < -0.39 is 0 Å². The highest BCUT2D eigenvalue weighted by atomic mass is 16.5. The molecule has 0 saturated heterocycles. The van der Waals surface area contributed by atoms with Gasteiger partial charge in [0.15, 0.2) is 0 Å². The van der Waals surface area contributed by atoms with E-state index in [1.165, 1.54) is 30.2 Å². The number of fused-ring (bicyclic) bond motifs is 3. The summed E-state index contributed by atoms with van der Waals surface area (Å²) < 4.78 is 5.19. The van der Waals surface area contributed by atoms with Gasteiger partial charge in [-0.05, 0) is 66.5 Å². The van der Waals surface area contributed by atoms with Crippen molar-refractivity contribution in [2.24, 2.45) is 11.3 Å². The molecule has 2 nitrogen and oxygen atoms in total. The van der Waals surface area contributed by atoms with Gasteiger partial charge >= 0.3 is 5.97 Å². The number of esters is 1. The molecular formula is C21H30O2. The molecule has 0 amide bonds. The molecule has 3 rings (SSSR count). The van der Waals surface area contributed by atoms with Crippen molar-refractivity contribution in [2.75, 3.05) is 7.11 Å². The van der Waals surface area contributed by atoms with Crippen LogP contribution >= 0.6 is 0 Å². The quantitative estimate of drug-likeness (QED) is 0.719. The Balaban J connectivity index is 2.06. The molecule has 1 fully saturated rings. The summed E-state index contributed by atoms with van der Waals surface area (Å²) in [6.45, 7) is 9.02. The van der Waals surface area contributed by atoms with Crippen LogP contribution < -0.4 is 0 Å². The zero-order valence-corrected chi connectivity index (χ0v) is 15.2. The predicted octanol–water partition coefficient (Wildman–Crippen LogP) is 4.99. The molecule has 2 aliphatic rings. The fourth-order valence-electron chi connectivity index (χ4n) is 5.35. The fourth-order valence-corrected chi connectivity index (χ4v) is 5.35. The number of rotatable bonds is 2. The van der Waals surface area contributed by atoms with Crippen molar-refractivity contribution in [2.45, 2.75) is 71.1 Å². The number of methoxy groups -OCH3 is 1. The summed E-state index contributed by atoms with van der Waals surface area (Å²) in [7, 11) is 1.53. The SMILES string of the molecule is COC(=O)[C@]1(C)CCC[C@]2(C)c3ccc(C(C)C)cc3CC[C@@H]12. The maximum atomic E-state index is 12.5. The Hall–Kier alpha value is -1.31. The van der Waals surface area contributed by atoms with Gasteiger partial charge < -0.3 is 4.74 Å². The molecule has 0 N–H and O–H groups in total. The maximum Gasteiger partial charge on any atom is 0.311 e. The summed E-state index contributed by atoms with van der Waals surface area (Å²) >= 11 is 0. The van der Waals surface area contributed by atoms with Gasteiger partial charge in [-0.15, -0.1) is 0 Å². The van der Waals surface area contributed by atoms with Crippen LogP contribution in [0.25, 0.3) is 0 Å². The molecule has 1 aromatic rings. The molecule has 1 aromatic carbocycles. The number of hydrogen-bond donors (Lipinski definition) is 0. The second-order valence-corrected chi connectivity index (χ2v) is 8.34. The normalized spacial score (nSPS) is 33.0. The van der Waals surface area contributed by atoms with E-state index in [9.17, 15) is 4.79 Å². The Morgan fingerprint density at radius 1 is 1.26 bits per heavy atom. The number of carbonyl (C=O) groups is 1. The lowest BCUT2D eigenvalue weighted by atomic mass is 9.49. The van der Waals surface area contributed by atoms with Crippen LogP contribution in [0, 0.1) is 11.3 Å². The van der Waals surface area contributed by atoms with E-state index in [0.717, 1.165) is 25.7 Å². The third kappa shape index (κ3) is 2.42. The van der Waals surface area contributed by atoms with Crippen LogP contribution in [0.3, 0.4) is 0 Å². The molecular weight excluding hydrogens is 284 g/mol. The minimum absolute atomic E-state index is 0.0179. The maximum absolute atomic E-state index is 12.5. The molecule has 0 heterocycles. The summed E-state index contributed by atoms with van der Waals surface area (Å²) in [4.78, 5) is 12.5. The Labute approximate surface area is 140 Å². The zero-order chi connectivity index (χ0) is 16.8. The molecule has 126 valence electrons. The minimum atomic E-state index is -0.337. The minimum Gasteiger partial charge on any atom is -0.469 e. The average Bonchev–Trinajstić information content (AvgIpc) is 2.53. The van der Waals surface area contributed by atoms with Gasteiger partial charge in [-0.2, -0.15) is 0 Å². The zero-order valence-electron chi connectivity index (χ0n) is 15.2. The van der Waals surface area contributed by atoms with Gasteiger partial charge in [-0.1, -0.05) is 45.4 Å². The first-order valence-corrected chi connectivity index (χ1v) is 9.04. The number of aryl methyl sites for hydroxylation is 1. The Morgan fingerprint density at radius 3 is 2.65 bits per heavy atom. The van der Waals surface area contributed by atoms with Gasteiger partial charge in [0.2, 0.25) is 0 Å². The Bertz CT molecular complexity index is 618. The lowest BCUT2D eigenvalue weighted by Crippen LogP contribution is -2.52. The standard InChI is InChI=1S/C21H30O2/c1-14(2)15-7-9-17-16(13-15)8-10-18-20(17,3)11-6-12-21(18,4)19(22)23-5/h7,9,13-14,18H,6,8,10-12H2,1-5H3/t18-,20-,21-/m1/s1. The van der Waals surface area contributed by atoms with E-state index in [1.54, 1.807) is 0 Å². The van der Waals surface area contributed by atoms with E-state index in [1.807, 2.05) is 0 Å². The third-order valence-electron chi connectivity index (χ3n) is 6.70. The first-order chi connectivity index (χ1) is 10.8. The highest BCUT2D eigenvalue weighted by Crippen LogP contribution is 2.57. The van der Waals surface area contributed by atoms with Crippen molar-refractivity contribution in [1.82, 2.24) is 0 Å². The number of hydrogen-bond acceptors (Lipinski definition) is 2. The van der Waals surface area contributed by atoms with Gasteiger partial charge in [-0.25, -0.2) is 0 Å². The summed E-state index contributed by atoms with van der Waals surface area (Å²) in [5.74, 6) is 0.932. The first-order valence-electron chi connectivity index (χ1n) is 9.04. The van der Waals surface area contributed by atoms with E-state index in [2.05, 4.69) is 45.9 Å². The van der Waals surface area contributed by atoms with Crippen LogP contribution in [0.5, 0.6) is 0 Å². The fraction of sp³-hybridized carbons (Fsp3) is 0.667. The van der Waals surface area contributed by atoms with Gasteiger partial charge in [0, 0.05) is 0 Å². The molecule has 23 heavy (non-hydrogen) atoms. The summed E-state index contributed by atoms with van der Waals surface area (Å²) in [5.41, 5.74) is 4.18. The lowest BCUT2D eigenvalue weighted by molar-refractivity contribution is -0.161. The highest BCUT2D eigenvalue weighted by molar-refractivity contribution is 5.77. The third-order valence-corrected chi connectivity index (χ3v) is 6.70. The van der Waals surface area contributed by atoms with Gasteiger partial charge in [0.25, 0.3) is 0 Å². The van der Waals surface area contributed by atoms with Crippen molar-refractivity contribution < 1.29 is 9.53 Å². The molecule has 2 heteroatoms. The van der Waals surface area contributed by atoms with Crippen LogP contribution in [0.15, 0.2) is 18.2 Å². The van der Waals surface area contributed by atoms with Crippen LogP contribution in [0.2, 0.25) is 0 Å². The number of carbonyl (C=O) groups excluding carboxylic acids is 1.